The first-order valence-corrected chi connectivity index (χ1v) is 8.63. The van der Waals surface area contributed by atoms with Crippen molar-refractivity contribution in [2.24, 2.45) is 0 Å². The van der Waals surface area contributed by atoms with Gasteiger partial charge in [0.2, 0.25) is 10.0 Å². The van der Waals surface area contributed by atoms with Gasteiger partial charge in [0, 0.05) is 12.1 Å². The average molecular weight is 335 g/mol. The minimum Gasteiger partial charge on any atom is -0.295 e. The molecule has 0 aromatic heterocycles. The van der Waals surface area contributed by atoms with E-state index < -0.39 is 10.0 Å². The van der Waals surface area contributed by atoms with Crippen LogP contribution in [0.1, 0.15) is 28.4 Å². The predicted molar refractivity (Wildman–Crippen MR) is 86.5 cm³/mol. The second-order valence-electron chi connectivity index (χ2n) is 5.32. The summed E-state index contributed by atoms with van der Waals surface area (Å²) in [5.74, 6) is -0.473. The molecule has 0 aliphatic rings. The van der Waals surface area contributed by atoms with Crippen LogP contribution in [0.4, 0.5) is 4.39 Å². The van der Waals surface area contributed by atoms with Crippen molar-refractivity contribution >= 4 is 15.8 Å². The Balaban J connectivity index is 2.05. The standard InChI is InChI=1S/C17H18FNO3S/c1-12-10-14(6-7-17(12)18)8-9-19-23(21,22)16-5-3-4-15(11-16)13(2)20/h3-7,10-11,19H,8-9H2,1-2H3. The minimum absolute atomic E-state index is 0.0560. The van der Waals surface area contributed by atoms with Gasteiger partial charge < -0.3 is 0 Å². The van der Waals surface area contributed by atoms with Crippen LogP contribution < -0.4 is 4.72 Å². The molecule has 0 aliphatic heterocycles. The van der Waals surface area contributed by atoms with Crippen molar-refractivity contribution in [2.45, 2.75) is 25.2 Å². The van der Waals surface area contributed by atoms with Gasteiger partial charge in [-0.2, -0.15) is 0 Å². The Bertz CT molecular complexity index is 831. The third-order valence-corrected chi connectivity index (χ3v) is 4.94. The number of benzene rings is 2. The van der Waals surface area contributed by atoms with E-state index in [4.69, 9.17) is 0 Å². The highest BCUT2D eigenvalue weighted by atomic mass is 32.2. The van der Waals surface area contributed by atoms with E-state index >= 15 is 0 Å². The van der Waals surface area contributed by atoms with Crippen molar-refractivity contribution < 1.29 is 17.6 Å². The molecule has 2 rings (SSSR count). The zero-order valence-corrected chi connectivity index (χ0v) is 13.8. The number of carbonyl (C=O) groups excluding carboxylic acids is 1. The van der Waals surface area contributed by atoms with Crippen molar-refractivity contribution in [1.82, 2.24) is 4.72 Å². The molecular formula is C17H18FNO3S. The third-order valence-electron chi connectivity index (χ3n) is 3.48. The van der Waals surface area contributed by atoms with Crippen LogP contribution in [-0.2, 0) is 16.4 Å². The van der Waals surface area contributed by atoms with E-state index in [0.717, 1.165) is 5.56 Å². The van der Waals surface area contributed by atoms with Crippen molar-refractivity contribution in [1.29, 1.82) is 0 Å². The number of carbonyl (C=O) groups is 1. The molecule has 23 heavy (non-hydrogen) atoms. The highest BCUT2D eigenvalue weighted by Crippen LogP contribution is 2.13. The lowest BCUT2D eigenvalue weighted by atomic mass is 10.1. The van der Waals surface area contributed by atoms with Crippen LogP contribution >= 0.6 is 0 Å². The van der Waals surface area contributed by atoms with E-state index in [1.807, 2.05) is 0 Å². The van der Waals surface area contributed by atoms with Crippen molar-refractivity contribution in [3.63, 3.8) is 0 Å². The highest BCUT2D eigenvalue weighted by molar-refractivity contribution is 7.89. The van der Waals surface area contributed by atoms with Gasteiger partial charge in [-0.15, -0.1) is 0 Å². The molecule has 0 bridgehead atoms. The lowest BCUT2D eigenvalue weighted by Gasteiger charge is -2.08. The molecule has 4 nitrogen and oxygen atoms in total. The Morgan fingerprint density at radius 1 is 1.17 bits per heavy atom. The fourth-order valence-corrected chi connectivity index (χ4v) is 3.23. The van der Waals surface area contributed by atoms with Gasteiger partial charge in [0.1, 0.15) is 5.82 Å². The smallest absolute Gasteiger partial charge is 0.240 e. The first kappa shape index (κ1) is 17.3. The normalized spacial score (nSPS) is 11.4. The second-order valence-corrected chi connectivity index (χ2v) is 7.08. The van der Waals surface area contributed by atoms with Gasteiger partial charge in [-0.1, -0.05) is 24.3 Å². The van der Waals surface area contributed by atoms with Gasteiger partial charge >= 0.3 is 0 Å². The minimum atomic E-state index is -3.68. The summed E-state index contributed by atoms with van der Waals surface area (Å²) in [5.41, 5.74) is 1.73. The number of rotatable bonds is 6. The third kappa shape index (κ3) is 4.46. The molecule has 0 amide bonds. The fourth-order valence-electron chi connectivity index (χ4n) is 2.16. The van der Waals surface area contributed by atoms with Crippen LogP contribution in [0.25, 0.3) is 0 Å². The molecule has 0 heterocycles. The van der Waals surface area contributed by atoms with Gasteiger partial charge in [0.25, 0.3) is 0 Å². The maximum absolute atomic E-state index is 13.2. The van der Waals surface area contributed by atoms with Crippen LogP contribution in [-0.4, -0.2) is 20.7 Å². The molecule has 122 valence electrons. The number of Topliss-reactive ketones (excluding diaryl/α,β-unsaturated/α-hetero) is 1. The number of sulfonamides is 1. The molecule has 0 radical (unpaired) electrons. The van der Waals surface area contributed by atoms with Gasteiger partial charge in [-0.05, 0) is 49.6 Å². The largest absolute Gasteiger partial charge is 0.295 e. The van der Waals surface area contributed by atoms with Gasteiger partial charge in [-0.3, -0.25) is 4.79 Å². The van der Waals surface area contributed by atoms with E-state index in [2.05, 4.69) is 4.72 Å². The number of hydrogen-bond acceptors (Lipinski definition) is 3. The summed E-state index contributed by atoms with van der Waals surface area (Å²) in [7, 11) is -3.68. The molecule has 0 atom stereocenters. The summed E-state index contributed by atoms with van der Waals surface area (Å²) in [6.45, 7) is 3.24. The van der Waals surface area contributed by atoms with Crippen LogP contribution in [0.3, 0.4) is 0 Å². The van der Waals surface area contributed by atoms with Crippen LogP contribution in [0, 0.1) is 12.7 Å². The van der Waals surface area contributed by atoms with Crippen LogP contribution in [0.2, 0.25) is 0 Å². The van der Waals surface area contributed by atoms with Gasteiger partial charge in [0.15, 0.2) is 5.78 Å². The van der Waals surface area contributed by atoms with Crippen molar-refractivity contribution in [3.05, 3.63) is 65.0 Å². The molecule has 0 saturated carbocycles. The predicted octanol–water partition coefficient (Wildman–Crippen LogP) is 2.86. The lowest BCUT2D eigenvalue weighted by molar-refractivity contribution is 0.101. The summed E-state index contributed by atoms with van der Waals surface area (Å²) in [5, 5.41) is 0. The van der Waals surface area contributed by atoms with E-state index in [-0.39, 0.29) is 23.0 Å². The molecular weight excluding hydrogens is 317 g/mol. The summed E-state index contributed by atoms with van der Waals surface area (Å²) in [6, 6.07) is 10.6. The van der Waals surface area contributed by atoms with Gasteiger partial charge in [0.05, 0.1) is 4.90 Å². The Labute approximate surface area is 135 Å². The Hall–Kier alpha value is -2.05. The maximum Gasteiger partial charge on any atom is 0.240 e. The summed E-state index contributed by atoms with van der Waals surface area (Å²) >= 11 is 0. The van der Waals surface area contributed by atoms with E-state index in [1.54, 1.807) is 25.1 Å². The Morgan fingerprint density at radius 3 is 2.57 bits per heavy atom. The van der Waals surface area contributed by atoms with Crippen molar-refractivity contribution in [3.8, 4) is 0 Å². The fraction of sp³-hybridized carbons (Fsp3) is 0.235. The molecule has 1 N–H and O–H groups in total. The first-order valence-electron chi connectivity index (χ1n) is 7.15. The van der Waals surface area contributed by atoms with Crippen LogP contribution in [0.5, 0.6) is 0 Å². The van der Waals surface area contributed by atoms with E-state index in [1.165, 1.54) is 31.2 Å². The summed E-state index contributed by atoms with van der Waals surface area (Å²) in [4.78, 5) is 11.4. The zero-order chi connectivity index (χ0) is 17.0. The molecule has 6 heteroatoms. The zero-order valence-electron chi connectivity index (χ0n) is 13.0. The quantitative estimate of drug-likeness (QED) is 0.826. The second kappa shape index (κ2) is 7.02. The first-order chi connectivity index (χ1) is 10.8. The number of aryl methyl sites for hydroxylation is 1. The van der Waals surface area contributed by atoms with Crippen molar-refractivity contribution in [2.75, 3.05) is 6.54 Å². The number of nitrogens with one attached hydrogen (secondary N) is 1. The van der Waals surface area contributed by atoms with Crippen LogP contribution in [0.15, 0.2) is 47.4 Å². The number of hydrogen-bond donors (Lipinski definition) is 1. The summed E-state index contributed by atoms with van der Waals surface area (Å²) < 4.78 is 40.2. The average Bonchev–Trinajstić information content (AvgIpc) is 2.51. The van der Waals surface area contributed by atoms with E-state index in [0.29, 0.717) is 17.5 Å². The molecule has 0 aliphatic carbocycles. The molecule has 0 fully saturated rings. The van der Waals surface area contributed by atoms with E-state index in [9.17, 15) is 17.6 Å². The molecule has 0 spiro atoms. The Morgan fingerprint density at radius 2 is 1.91 bits per heavy atom. The molecule has 2 aromatic carbocycles. The number of ketones is 1. The monoisotopic (exact) mass is 335 g/mol. The molecule has 0 unspecified atom stereocenters. The SMILES string of the molecule is CC(=O)c1cccc(S(=O)(=O)NCCc2ccc(F)c(C)c2)c1. The molecule has 2 aromatic rings. The molecule has 0 saturated heterocycles. The Kier molecular flexibility index (Phi) is 5.28. The summed E-state index contributed by atoms with van der Waals surface area (Å²) in [6.07, 6.45) is 0.451. The van der Waals surface area contributed by atoms with Gasteiger partial charge in [-0.25, -0.2) is 17.5 Å². The number of halogens is 1. The topological polar surface area (TPSA) is 63.2 Å². The lowest BCUT2D eigenvalue weighted by Crippen LogP contribution is -2.26. The highest BCUT2D eigenvalue weighted by Gasteiger charge is 2.14. The maximum atomic E-state index is 13.2.